The van der Waals surface area contributed by atoms with Gasteiger partial charge in [-0.1, -0.05) is 18.2 Å². The number of carbonyl (C=O) groups excluding carboxylic acids is 2. The van der Waals surface area contributed by atoms with Gasteiger partial charge >= 0.3 is 6.09 Å². The van der Waals surface area contributed by atoms with Gasteiger partial charge in [-0.3, -0.25) is 9.52 Å². The fourth-order valence-electron chi connectivity index (χ4n) is 3.68. The van der Waals surface area contributed by atoms with Crippen LogP contribution < -0.4 is 14.2 Å². The smallest absolute Gasteiger partial charge is 0.410 e. The molecule has 0 bridgehead atoms. The number of unbranched alkanes of at least 4 members (excludes halogenated alkanes) is 1. The van der Waals surface area contributed by atoms with Crippen molar-refractivity contribution in [2.75, 3.05) is 38.3 Å². The summed E-state index contributed by atoms with van der Waals surface area (Å²) in [6.07, 6.45) is 2.63. The highest BCUT2D eigenvalue weighted by molar-refractivity contribution is 7.92. The van der Waals surface area contributed by atoms with Crippen LogP contribution in [0.25, 0.3) is 0 Å². The van der Waals surface area contributed by atoms with Crippen LogP contribution in [0.4, 0.5) is 10.5 Å². The zero-order valence-corrected chi connectivity index (χ0v) is 23.3. The minimum atomic E-state index is -3.53. The molecule has 0 radical (unpaired) electrons. The maximum Gasteiger partial charge on any atom is 0.410 e. The molecule has 37 heavy (non-hydrogen) atoms. The lowest BCUT2D eigenvalue weighted by molar-refractivity contribution is 0.0249. The predicted octanol–water partition coefficient (Wildman–Crippen LogP) is 4.91. The third kappa shape index (κ3) is 10.3. The quantitative estimate of drug-likeness (QED) is 0.287. The van der Waals surface area contributed by atoms with Crippen LogP contribution in [0.2, 0.25) is 0 Å². The molecule has 0 spiro atoms. The van der Waals surface area contributed by atoms with E-state index >= 15 is 0 Å². The van der Waals surface area contributed by atoms with E-state index in [0.29, 0.717) is 43.7 Å². The van der Waals surface area contributed by atoms with Crippen LogP contribution in [0.3, 0.4) is 0 Å². The monoisotopic (exact) mass is 534 g/mol. The van der Waals surface area contributed by atoms with Gasteiger partial charge in [0.1, 0.15) is 17.1 Å². The second-order valence-corrected chi connectivity index (χ2v) is 11.4. The molecule has 0 saturated heterocycles. The molecule has 0 unspecified atom stereocenters. The number of ether oxygens (including phenoxy) is 3. The first kappa shape index (κ1) is 30.0. The summed E-state index contributed by atoms with van der Waals surface area (Å²) in [6.45, 7) is 6.35. The number of hydrogen-bond donors (Lipinski definition) is 1. The normalized spacial score (nSPS) is 11.5. The van der Waals surface area contributed by atoms with E-state index in [1.807, 2.05) is 45.0 Å². The molecule has 1 amide bonds. The Morgan fingerprint density at radius 3 is 2.24 bits per heavy atom. The van der Waals surface area contributed by atoms with Gasteiger partial charge in [-0.15, -0.1) is 0 Å². The molecule has 10 heteroatoms. The van der Waals surface area contributed by atoms with E-state index in [1.165, 1.54) is 13.2 Å². The van der Waals surface area contributed by atoms with Crippen molar-refractivity contribution in [2.24, 2.45) is 0 Å². The van der Waals surface area contributed by atoms with Gasteiger partial charge in [-0.25, -0.2) is 13.2 Å². The number of nitrogens with one attached hydrogen (secondary N) is 1. The number of Topliss-reactive ketones (excluding diaryl/α,β-unsaturated/α-hetero) is 1. The second-order valence-electron chi connectivity index (χ2n) is 9.70. The molecule has 204 valence electrons. The third-order valence-corrected chi connectivity index (χ3v) is 5.98. The second kappa shape index (κ2) is 13.3. The SMILES string of the molecule is COc1ccccc1CCN(CCCCC(=O)c1ccc(OC)c(NS(C)(=O)=O)c1)C(=O)OC(C)(C)C. The van der Waals surface area contributed by atoms with Crippen molar-refractivity contribution in [3.63, 3.8) is 0 Å². The van der Waals surface area contributed by atoms with Crippen molar-refractivity contribution >= 4 is 27.6 Å². The standard InChI is InChI=1S/C27H38N2O7S/c1-27(2,3)36-26(31)29(18-16-20-11-7-8-13-24(20)34-4)17-10-9-12-23(30)21-14-15-25(35-5)22(19-21)28-37(6,32)33/h7-8,11,13-15,19,28H,9-10,12,16-18H2,1-6H3. The molecular weight excluding hydrogens is 496 g/mol. The Morgan fingerprint density at radius 1 is 0.946 bits per heavy atom. The molecule has 0 heterocycles. The van der Waals surface area contributed by atoms with Crippen LogP contribution in [0.5, 0.6) is 11.5 Å². The van der Waals surface area contributed by atoms with E-state index in [2.05, 4.69) is 4.72 Å². The molecule has 0 saturated carbocycles. The summed E-state index contributed by atoms with van der Waals surface area (Å²) in [5, 5.41) is 0. The van der Waals surface area contributed by atoms with E-state index in [0.717, 1.165) is 17.6 Å². The maximum atomic E-state index is 12.8. The molecule has 2 rings (SSSR count). The Balaban J connectivity index is 2.01. The lowest BCUT2D eigenvalue weighted by atomic mass is 10.0. The molecule has 0 aliphatic heterocycles. The van der Waals surface area contributed by atoms with E-state index in [1.54, 1.807) is 24.1 Å². The fraction of sp³-hybridized carbons (Fsp3) is 0.481. The van der Waals surface area contributed by atoms with Gasteiger partial charge in [0.25, 0.3) is 0 Å². The summed E-state index contributed by atoms with van der Waals surface area (Å²) in [7, 11) is -0.492. The number of sulfonamides is 1. The van der Waals surface area contributed by atoms with Crippen molar-refractivity contribution in [1.82, 2.24) is 4.90 Å². The lowest BCUT2D eigenvalue weighted by Crippen LogP contribution is -2.38. The van der Waals surface area contributed by atoms with Crippen molar-refractivity contribution in [2.45, 2.75) is 52.1 Å². The van der Waals surface area contributed by atoms with Gasteiger partial charge in [0.2, 0.25) is 10.0 Å². The van der Waals surface area contributed by atoms with E-state index in [4.69, 9.17) is 14.2 Å². The van der Waals surface area contributed by atoms with Crippen molar-refractivity contribution < 1.29 is 32.2 Å². The van der Waals surface area contributed by atoms with E-state index in [9.17, 15) is 18.0 Å². The molecular formula is C27H38N2O7S. The number of anilines is 1. The number of nitrogens with zero attached hydrogens (tertiary/aromatic N) is 1. The van der Waals surface area contributed by atoms with E-state index < -0.39 is 21.7 Å². The van der Waals surface area contributed by atoms with Crippen LogP contribution in [0.15, 0.2) is 42.5 Å². The summed E-state index contributed by atoms with van der Waals surface area (Å²) in [5.41, 5.74) is 0.962. The Bertz CT molecular complexity index is 1170. The van der Waals surface area contributed by atoms with Gasteiger partial charge in [0, 0.05) is 25.1 Å². The van der Waals surface area contributed by atoms with Gasteiger partial charge in [-0.05, 0) is 69.9 Å². The lowest BCUT2D eigenvalue weighted by Gasteiger charge is -2.27. The number of para-hydroxylation sites is 1. The minimum Gasteiger partial charge on any atom is -0.496 e. The summed E-state index contributed by atoms with van der Waals surface area (Å²) < 4.78 is 41.8. The average molecular weight is 535 g/mol. The van der Waals surface area contributed by atoms with E-state index in [-0.39, 0.29) is 17.9 Å². The molecule has 0 atom stereocenters. The number of carbonyl (C=O) groups is 2. The number of amides is 1. The summed E-state index contributed by atoms with van der Waals surface area (Å²) in [5.74, 6) is 0.962. The molecule has 1 N–H and O–H groups in total. The van der Waals surface area contributed by atoms with Crippen LogP contribution in [-0.4, -0.2) is 64.4 Å². The highest BCUT2D eigenvalue weighted by atomic mass is 32.2. The minimum absolute atomic E-state index is 0.128. The van der Waals surface area contributed by atoms with Crippen molar-refractivity contribution in [3.8, 4) is 11.5 Å². The zero-order chi connectivity index (χ0) is 27.6. The van der Waals surface area contributed by atoms with Gasteiger partial charge in [0.15, 0.2) is 5.78 Å². The maximum absolute atomic E-state index is 12.8. The fourth-order valence-corrected chi connectivity index (χ4v) is 4.24. The number of benzene rings is 2. The first-order valence-electron chi connectivity index (χ1n) is 12.1. The Labute approximate surface area is 220 Å². The number of rotatable bonds is 13. The Morgan fingerprint density at radius 2 is 1.62 bits per heavy atom. The Kier molecular flexibility index (Phi) is 10.8. The first-order chi connectivity index (χ1) is 17.3. The van der Waals surface area contributed by atoms with Crippen LogP contribution in [0.1, 0.15) is 56.0 Å². The summed E-state index contributed by atoms with van der Waals surface area (Å²) >= 11 is 0. The number of ketones is 1. The molecule has 2 aromatic carbocycles. The molecule has 0 aromatic heterocycles. The summed E-state index contributed by atoms with van der Waals surface area (Å²) in [4.78, 5) is 27.3. The highest BCUT2D eigenvalue weighted by Gasteiger charge is 2.22. The van der Waals surface area contributed by atoms with Crippen LogP contribution in [-0.2, 0) is 21.2 Å². The topological polar surface area (TPSA) is 111 Å². The van der Waals surface area contributed by atoms with Gasteiger partial charge in [0.05, 0.1) is 26.2 Å². The molecule has 0 aliphatic carbocycles. The van der Waals surface area contributed by atoms with Crippen LogP contribution in [0, 0.1) is 0 Å². The molecule has 0 fully saturated rings. The third-order valence-electron chi connectivity index (χ3n) is 5.39. The number of methoxy groups -OCH3 is 2. The highest BCUT2D eigenvalue weighted by Crippen LogP contribution is 2.27. The first-order valence-corrected chi connectivity index (χ1v) is 14.0. The predicted molar refractivity (Wildman–Crippen MR) is 144 cm³/mol. The van der Waals surface area contributed by atoms with Gasteiger partial charge < -0.3 is 19.1 Å². The van der Waals surface area contributed by atoms with Crippen molar-refractivity contribution in [3.05, 3.63) is 53.6 Å². The number of hydrogen-bond acceptors (Lipinski definition) is 7. The Hall–Kier alpha value is -3.27. The average Bonchev–Trinajstić information content (AvgIpc) is 2.81. The zero-order valence-electron chi connectivity index (χ0n) is 22.5. The molecule has 0 aliphatic rings. The molecule has 2 aromatic rings. The van der Waals surface area contributed by atoms with Gasteiger partial charge in [-0.2, -0.15) is 0 Å². The molecule has 9 nitrogen and oxygen atoms in total. The largest absolute Gasteiger partial charge is 0.496 e. The summed E-state index contributed by atoms with van der Waals surface area (Å²) in [6, 6.07) is 12.3. The van der Waals surface area contributed by atoms with Crippen molar-refractivity contribution in [1.29, 1.82) is 0 Å². The van der Waals surface area contributed by atoms with Crippen LogP contribution >= 0.6 is 0 Å².